The average molecular weight is 449 g/mol. The van der Waals surface area contributed by atoms with Crippen molar-refractivity contribution in [2.45, 2.75) is 36.1 Å². The first-order valence-electron chi connectivity index (χ1n) is 10.1. The zero-order valence-corrected chi connectivity index (χ0v) is 19.0. The molecule has 1 amide bonds. The number of hydrogen-bond acceptors (Lipinski definition) is 5. The Labute approximate surface area is 183 Å². The lowest BCUT2D eigenvalue weighted by atomic mass is 9.97. The van der Waals surface area contributed by atoms with E-state index in [0.29, 0.717) is 44.0 Å². The van der Waals surface area contributed by atoms with Gasteiger partial charge >= 0.3 is 0 Å². The smallest absolute Gasteiger partial charge is 0.243 e. The van der Waals surface area contributed by atoms with Gasteiger partial charge in [0.15, 0.2) is 0 Å². The van der Waals surface area contributed by atoms with Crippen LogP contribution in [0.1, 0.15) is 25.3 Å². The molecule has 0 aliphatic carbocycles. The Hall–Kier alpha value is -2.03. The fourth-order valence-corrected chi connectivity index (χ4v) is 5.41. The van der Waals surface area contributed by atoms with E-state index < -0.39 is 10.0 Å². The van der Waals surface area contributed by atoms with Crippen molar-refractivity contribution in [1.29, 1.82) is 0 Å². The van der Waals surface area contributed by atoms with Crippen LogP contribution in [0.4, 0.5) is 0 Å². The molecule has 6 nitrogen and oxygen atoms in total. The number of rotatable bonds is 8. The zero-order valence-electron chi connectivity index (χ0n) is 17.3. The monoisotopic (exact) mass is 448 g/mol. The molecular formula is C22H28N2O4S2. The minimum atomic E-state index is -3.53. The summed E-state index contributed by atoms with van der Waals surface area (Å²) in [4.78, 5) is 13.9. The van der Waals surface area contributed by atoms with Gasteiger partial charge in [0.25, 0.3) is 0 Å². The summed E-state index contributed by atoms with van der Waals surface area (Å²) in [5, 5.41) is 2.98. The number of ether oxygens (including phenoxy) is 1. The molecule has 1 N–H and O–H groups in total. The predicted molar refractivity (Wildman–Crippen MR) is 119 cm³/mol. The van der Waals surface area contributed by atoms with E-state index in [1.165, 1.54) is 4.31 Å². The molecule has 2 aromatic carbocycles. The third kappa shape index (κ3) is 5.36. The van der Waals surface area contributed by atoms with E-state index in [9.17, 15) is 13.2 Å². The molecule has 0 spiro atoms. The van der Waals surface area contributed by atoms with Crippen LogP contribution in [-0.4, -0.2) is 44.6 Å². The van der Waals surface area contributed by atoms with E-state index >= 15 is 0 Å². The summed E-state index contributed by atoms with van der Waals surface area (Å²) < 4.78 is 32.8. The number of para-hydroxylation sites is 1. The summed E-state index contributed by atoms with van der Waals surface area (Å²) in [6, 6.07) is 14.6. The van der Waals surface area contributed by atoms with E-state index in [2.05, 4.69) is 5.32 Å². The molecule has 0 radical (unpaired) electrons. The first-order valence-corrected chi connectivity index (χ1v) is 12.7. The minimum Gasteiger partial charge on any atom is -0.494 e. The molecule has 0 saturated carbocycles. The van der Waals surface area contributed by atoms with Crippen molar-refractivity contribution < 1.29 is 17.9 Å². The highest BCUT2D eigenvalue weighted by atomic mass is 32.2. The van der Waals surface area contributed by atoms with Crippen LogP contribution in [0.2, 0.25) is 0 Å². The van der Waals surface area contributed by atoms with Gasteiger partial charge in [-0.2, -0.15) is 4.31 Å². The Morgan fingerprint density at radius 2 is 1.80 bits per heavy atom. The predicted octanol–water partition coefficient (Wildman–Crippen LogP) is 3.52. The standard InChI is InChI=1S/C22H28N2O4S2/c1-3-28-21-7-5-4-6-18(21)16-23-22(25)17-12-14-24(15-13-17)30(26,27)20-10-8-19(29-2)9-11-20/h4-11,17H,3,12-16H2,1-2H3,(H,23,25). The van der Waals surface area contributed by atoms with Crippen LogP contribution in [0, 0.1) is 5.92 Å². The number of benzene rings is 2. The minimum absolute atomic E-state index is 0.0392. The maximum atomic E-state index is 12.9. The van der Waals surface area contributed by atoms with E-state index in [1.807, 2.05) is 49.6 Å². The van der Waals surface area contributed by atoms with Crippen molar-refractivity contribution in [3.8, 4) is 5.75 Å². The van der Waals surface area contributed by atoms with E-state index in [0.717, 1.165) is 16.2 Å². The summed E-state index contributed by atoms with van der Waals surface area (Å²) in [5.74, 6) is 0.547. The summed E-state index contributed by atoms with van der Waals surface area (Å²) in [6.45, 7) is 3.59. The maximum absolute atomic E-state index is 12.9. The molecule has 1 heterocycles. The lowest BCUT2D eigenvalue weighted by molar-refractivity contribution is -0.126. The summed E-state index contributed by atoms with van der Waals surface area (Å²) >= 11 is 1.57. The molecule has 162 valence electrons. The second-order valence-corrected chi connectivity index (χ2v) is 9.93. The Bertz CT molecular complexity index is 953. The van der Waals surface area contributed by atoms with Gasteiger partial charge < -0.3 is 10.1 Å². The quantitative estimate of drug-likeness (QED) is 0.626. The van der Waals surface area contributed by atoms with Crippen molar-refractivity contribution >= 4 is 27.7 Å². The summed E-state index contributed by atoms with van der Waals surface area (Å²) in [5.41, 5.74) is 0.932. The van der Waals surface area contributed by atoms with Crippen molar-refractivity contribution in [1.82, 2.24) is 9.62 Å². The van der Waals surface area contributed by atoms with Crippen molar-refractivity contribution in [3.63, 3.8) is 0 Å². The van der Waals surface area contributed by atoms with Gasteiger partial charge in [-0.15, -0.1) is 11.8 Å². The fourth-order valence-electron chi connectivity index (χ4n) is 3.53. The van der Waals surface area contributed by atoms with Crippen LogP contribution in [0.5, 0.6) is 5.75 Å². The van der Waals surface area contributed by atoms with Gasteiger partial charge in [0.05, 0.1) is 11.5 Å². The Morgan fingerprint density at radius 1 is 1.13 bits per heavy atom. The van der Waals surface area contributed by atoms with Gasteiger partial charge in [0, 0.05) is 36.0 Å². The lowest BCUT2D eigenvalue weighted by Crippen LogP contribution is -2.42. The van der Waals surface area contributed by atoms with Gasteiger partial charge in [-0.05, 0) is 56.4 Å². The number of amides is 1. The molecule has 1 aliphatic rings. The molecular weight excluding hydrogens is 420 g/mol. The largest absolute Gasteiger partial charge is 0.494 e. The highest BCUT2D eigenvalue weighted by Gasteiger charge is 2.32. The lowest BCUT2D eigenvalue weighted by Gasteiger charge is -2.30. The topological polar surface area (TPSA) is 75.7 Å². The number of sulfonamides is 1. The molecule has 0 bridgehead atoms. The molecule has 3 rings (SSSR count). The highest BCUT2D eigenvalue weighted by molar-refractivity contribution is 7.98. The van der Waals surface area contributed by atoms with Crippen LogP contribution in [0.15, 0.2) is 58.3 Å². The molecule has 1 aliphatic heterocycles. The SMILES string of the molecule is CCOc1ccccc1CNC(=O)C1CCN(S(=O)(=O)c2ccc(SC)cc2)CC1. The second-order valence-electron chi connectivity index (χ2n) is 7.11. The number of piperidine rings is 1. The first-order chi connectivity index (χ1) is 14.5. The van der Waals surface area contributed by atoms with Gasteiger partial charge in [0.1, 0.15) is 5.75 Å². The van der Waals surface area contributed by atoms with Crippen molar-refractivity contribution in [2.75, 3.05) is 26.0 Å². The molecule has 2 aromatic rings. The Kier molecular flexibility index (Phi) is 7.80. The molecule has 0 unspecified atom stereocenters. The number of nitrogens with zero attached hydrogens (tertiary/aromatic N) is 1. The molecule has 0 atom stereocenters. The average Bonchev–Trinajstić information content (AvgIpc) is 2.78. The molecule has 8 heteroatoms. The van der Waals surface area contributed by atoms with Gasteiger partial charge in [0.2, 0.25) is 15.9 Å². The third-order valence-electron chi connectivity index (χ3n) is 5.25. The Balaban J connectivity index is 1.55. The van der Waals surface area contributed by atoms with Crippen molar-refractivity contribution in [3.05, 3.63) is 54.1 Å². The van der Waals surface area contributed by atoms with Crippen LogP contribution in [0.3, 0.4) is 0 Å². The molecule has 30 heavy (non-hydrogen) atoms. The number of carbonyl (C=O) groups is 1. The second kappa shape index (κ2) is 10.3. The number of nitrogens with one attached hydrogen (secondary N) is 1. The van der Waals surface area contributed by atoms with Crippen LogP contribution >= 0.6 is 11.8 Å². The van der Waals surface area contributed by atoms with Crippen LogP contribution < -0.4 is 10.1 Å². The van der Waals surface area contributed by atoms with E-state index in [-0.39, 0.29) is 11.8 Å². The fraction of sp³-hybridized carbons (Fsp3) is 0.409. The summed E-state index contributed by atoms with van der Waals surface area (Å²) in [7, 11) is -3.53. The van der Waals surface area contributed by atoms with Gasteiger partial charge in [-0.1, -0.05) is 18.2 Å². The van der Waals surface area contributed by atoms with E-state index in [4.69, 9.17) is 4.74 Å². The molecule has 1 saturated heterocycles. The van der Waals surface area contributed by atoms with Crippen LogP contribution in [-0.2, 0) is 21.4 Å². The van der Waals surface area contributed by atoms with Crippen LogP contribution in [0.25, 0.3) is 0 Å². The highest BCUT2D eigenvalue weighted by Crippen LogP contribution is 2.26. The molecule has 0 aromatic heterocycles. The maximum Gasteiger partial charge on any atom is 0.243 e. The number of hydrogen-bond donors (Lipinski definition) is 1. The van der Waals surface area contributed by atoms with Gasteiger partial charge in [-0.25, -0.2) is 8.42 Å². The summed E-state index contributed by atoms with van der Waals surface area (Å²) in [6.07, 6.45) is 2.98. The van der Waals surface area contributed by atoms with E-state index in [1.54, 1.807) is 23.9 Å². The zero-order chi connectivity index (χ0) is 21.6. The number of carbonyl (C=O) groups excluding carboxylic acids is 1. The number of thioether (sulfide) groups is 1. The van der Waals surface area contributed by atoms with Crippen molar-refractivity contribution in [2.24, 2.45) is 5.92 Å². The normalized spacial score (nSPS) is 15.7. The Morgan fingerprint density at radius 3 is 2.43 bits per heavy atom. The first kappa shape index (κ1) is 22.7. The van der Waals surface area contributed by atoms with Gasteiger partial charge in [-0.3, -0.25) is 4.79 Å². The molecule has 1 fully saturated rings. The third-order valence-corrected chi connectivity index (χ3v) is 7.90.